The lowest BCUT2D eigenvalue weighted by Crippen LogP contribution is -2.57. The molecule has 152 valence electrons. The average Bonchev–Trinajstić information content (AvgIpc) is 3.00. The van der Waals surface area contributed by atoms with Crippen LogP contribution in [0.3, 0.4) is 0 Å². The third-order valence-corrected chi connectivity index (χ3v) is 6.52. The number of hydrogen-bond acceptors (Lipinski definition) is 5. The maximum absolute atomic E-state index is 12.8. The molecule has 2 heterocycles. The first-order valence-electron chi connectivity index (χ1n) is 8.87. The summed E-state index contributed by atoms with van der Waals surface area (Å²) in [7, 11) is 0.990. The highest BCUT2D eigenvalue weighted by Gasteiger charge is 2.41. The van der Waals surface area contributed by atoms with Crippen LogP contribution in [0.5, 0.6) is 5.75 Å². The molecule has 1 aliphatic rings. The summed E-state index contributed by atoms with van der Waals surface area (Å²) in [6, 6.07) is 6.00. The van der Waals surface area contributed by atoms with E-state index >= 15 is 0 Å². The smallest absolute Gasteiger partial charge is 0.280 e. The summed E-state index contributed by atoms with van der Waals surface area (Å²) in [4.78, 5) is 12.8. The Morgan fingerprint density at radius 3 is 2.57 bits per heavy atom. The van der Waals surface area contributed by atoms with Crippen molar-refractivity contribution in [3.05, 3.63) is 47.3 Å². The fraction of sp³-hybridized carbons (Fsp3) is 0.444. The van der Waals surface area contributed by atoms with Crippen molar-refractivity contribution in [2.45, 2.75) is 32.0 Å². The minimum atomic E-state index is -3.78. The zero-order valence-electron chi connectivity index (χ0n) is 16.3. The first kappa shape index (κ1) is 20.3. The second kappa shape index (κ2) is 7.90. The predicted molar refractivity (Wildman–Crippen MR) is 104 cm³/mol. The number of ether oxygens (including phenoxy) is 1. The summed E-state index contributed by atoms with van der Waals surface area (Å²) in [5, 5.41) is 7.10. The van der Waals surface area contributed by atoms with Gasteiger partial charge in [0, 0.05) is 32.4 Å². The molecule has 0 bridgehead atoms. The van der Waals surface area contributed by atoms with Gasteiger partial charge in [0.2, 0.25) is 5.91 Å². The molecule has 1 saturated heterocycles. The average molecular weight is 407 g/mol. The Kier molecular flexibility index (Phi) is 5.73. The standard InChI is InChI=1S/C18H25N5O4S/c1-12-15(11-22(2)20-12)16-9-17(23(3)28(25,26)21-16)18(24)19-10-13-5-7-14(27-4)8-6-13/h5-8,11,16-17,21H,9-10H2,1-4H3,(H,19,24). The van der Waals surface area contributed by atoms with E-state index in [0.29, 0.717) is 13.0 Å². The Hall–Kier alpha value is -2.43. The van der Waals surface area contributed by atoms with Crippen molar-refractivity contribution in [3.8, 4) is 5.75 Å². The van der Waals surface area contributed by atoms with Gasteiger partial charge < -0.3 is 10.1 Å². The van der Waals surface area contributed by atoms with Gasteiger partial charge in [-0.3, -0.25) is 9.48 Å². The molecule has 2 N–H and O–H groups in total. The van der Waals surface area contributed by atoms with Crippen molar-refractivity contribution in [1.82, 2.24) is 24.1 Å². The number of hydrogen-bond donors (Lipinski definition) is 2. The number of likely N-dealkylation sites (N-methyl/N-ethyl adjacent to an activating group) is 1. The number of benzene rings is 1. The molecule has 0 aliphatic carbocycles. The first-order chi connectivity index (χ1) is 13.2. The Morgan fingerprint density at radius 1 is 1.32 bits per heavy atom. The van der Waals surface area contributed by atoms with Crippen LogP contribution in [0.25, 0.3) is 0 Å². The van der Waals surface area contributed by atoms with Crippen LogP contribution in [0, 0.1) is 6.92 Å². The van der Waals surface area contributed by atoms with Gasteiger partial charge in [-0.1, -0.05) is 12.1 Å². The molecule has 0 spiro atoms. The van der Waals surface area contributed by atoms with Crippen molar-refractivity contribution in [2.75, 3.05) is 14.2 Å². The highest BCUT2D eigenvalue weighted by Crippen LogP contribution is 2.29. The minimum absolute atomic E-state index is 0.303. The molecular weight excluding hydrogens is 382 g/mol. The molecule has 0 radical (unpaired) electrons. The lowest BCUT2D eigenvalue weighted by Gasteiger charge is -2.36. The van der Waals surface area contributed by atoms with Gasteiger partial charge in [0.1, 0.15) is 11.8 Å². The molecule has 2 aromatic rings. The monoisotopic (exact) mass is 407 g/mol. The fourth-order valence-corrected chi connectivity index (χ4v) is 4.59. The maximum Gasteiger partial charge on any atom is 0.280 e. The summed E-state index contributed by atoms with van der Waals surface area (Å²) in [6.07, 6.45) is 2.09. The number of nitrogens with zero attached hydrogens (tertiary/aromatic N) is 3. The van der Waals surface area contributed by atoms with Crippen LogP contribution in [-0.2, 0) is 28.6 Å². The molecule has 1 fully saturated rings. The van der Waals surface area contributed by atoms with Crippen LogP contribution in [0.2, 0.25) is 0 Å². The number of amides is 1. The number of rotatable bonds is 5. The van der Waals surface area contributed by atoms with Gasteiger partial charge in [0.15, 0.2) is 0 Å². The number of aryl methyl sites for hydroxylation is 2. The summed E-state index contributed by atoms with van der Waals surface area (Å²) in [5.74, 6) is 0.392. The molecule has 28 heavy (non-hydrogen) atoms. The van der Waals surface area contributed by atoms with Crippen LogP contribution in [-0.4, -0.2) is 48.6 Å². The first-order valence-corrected chi connectivity index (χ1v) is 10.3. The van der Waals surface area contributed by atoms with Crippen LogP contribution < -0.4 is 14.8 Å². The van der Waals surface area contributed by atoms with E-state index in [0.717, 1.165) is 26.9 Å². The third kappa shape index (κ3) is 4.18. The molecule has 1 aromatic heterocycles. The van der Waals surface area contributed by atoms with Gasteiger partial charge in [-0.05, 0) is 31.0 Å². The SMILES string of the molecule is COc1ccc(CNC(=O)C2CC(c3cn(C)nc3C)NS(=O)(=O)N2C)cc1. The van der Waals surface area contributed by atoms with Crippen molar-refractivity contribution >= 4 is 16.1 Å². The zero-order chi connectivity index (χ0) is 20.5. The highest BCUT2D eigenvalue weighted by atomic mass is 32.2. The zero-order valence-corrected chi connectivity index (χ0v) is 17.2. The third-order valence-electron chi connectivity index (χ3n) is 4.92. The van der Waals surface area contributed by atoms with Crippen LogP contribution in [0.4, 0.5) is 0 Å². The Bertz CT molecular complexity index is 955. The largest absolute Gasteiger partial charge is 0.497 e. The molecular formula is C18H25N5O4S. The van der Waals surface area contributed by atoms with Crippen molar-refractivity contribution in [3.63, 3.8) is 0 Å². The molecule has 3 rings (SSSR count). The Balaban J connectivity index is 1.74. The quantitative estimate of drug-likeness (QED) is 0.756. The molecule has 9 nitrogen and oxygen atoms in total. The highest BCUT2D eigenvalue weighted by molar-refractivity contribution is 7.87. The Morgan fingerprint density at radius 2 is 2.00 bits per heavy atom. The van der Waals surface area contributed by atoms with Gasteiger partial charge >= 0.3 is 0 Å². The number of carbonyl (C=O) groups is 1. The fourth-order valence-electron chi connectivity index (χ4n) is 3.32. The number of aromatic nitrogens is 2. The van der Waals surface area contributed by atoms with E-state index in [1.807, 2.05) is 31.2 Å². The normalized spacial score (nSPS) is 22.0. The summed E-state index contributed by atoms with van der Waals surface area (Å²) < 4.78 is 35.5. The lowest BCUT2D eigenvalue weighted by atomic mass is 10.00. The van der Waals surface area contributed by atoms with Gasteiger partial charge in [-0.15, -0.1) is 0 Å². The second-order valence-corrected chi connectivity index (χ2v) is 8.61. The maximum atomic E-state index is 12.8. The van der Waals surface area contributed by atoms with E-state index in [1.54, 1.807) is 25.0 Å². The lowest BCUT2D eigenvalue weighted by molar-refractivity contribution is -0.125. The number of methoxy groups -OCH3 is 1. The molecule has 2 atom stereocenters. The molecule has 1 amide bonds. The van der Waals surface area contributed by atoms with Gasteiger partial charge in [0.25, 0.3) is 10.2 Å². The summed E-state index contributed by atoms with van der Waals surface area (Å²) in [5.41, 5.74) is 2.40. The Labute approximate surface area is 164 Å². The molecule has 0 saturated carbocycles. The van der Waals surface area contributed by atoms with E-state index in [9.17, 15) is 13.2 Å². The van der Waals surface area contributed by atoms with Gasteiger partial charge in [-0.2, -0.15) is 22.5 Å². The summed E-state index contributed by atoms with van der Waals surface area (Å²) >= 11 is 0. The van der Waals surface area contributed by atoms with Crippen LogP contribution in [0.15, 0.2) is 30.5 Å². The van der Waals surface area contributed by atoms with Crippen LogP contribution >= 0.6 is 0 Å². The van der Waals surface area contributed by atoms with E-state index in [1.165, 1.54) is 7.05 Å². The summed E-state index contributed by atoms with van der Waals surface area (Å²) in [6.45, 7) is 2.12. The molecule has 2 unspecified atom stereocenters. The van der Waals surface area contributed by atoms with Gasteiger partial charge in [0.05, 0.1) is 18.8 Å². The van der Waals surface area contributed by atoms with Crippen LogP contribution in [0.1, 0.15) is 29.3 Å². The van der Waals surface area contributed by atoms with E-state index in [2.05, 4.69) is 15.1 Å². The molecule has 10 heteroatoms. The molecule has 1 aliphatic heterocycles. The number of nitrogens with one attached hydrogen (secondary N) is 2. The van der Waals surface area contributed by atoms with E-state index < -0.39 is 22.3 Å². The van der Waals surface area contributed by atoms with E-state index in [-0.39, 0.29) is 5.91 Å². The van der Waals surface area contributed by atoms with E-state index in [4.69, 9.17) is 4.74 Å². The molecule has 1 aromatic carbocycles. The minimum Gasteiger partial charge on any atom is -0.497 e. The van der Waals surface area contributed by atoms with Crippen molar-refractivity contribution in [1.29, 1.82) is 0 Å². The predicted octanol–water partition coefficient (Wildman–Crippen LogP) is 0.633. The number of carbonyl (C=O) groups excluding carboxylic acids is 1. The topological polar surface area (TPSA) is 106 Å². The van der Waals surface area contributed by atoms with Crippen molar-refractivity contribution in [2.24, 2.45) is 7.05 Å². The second-order valence-electron chi connectivity index (χ2n) is 6.85. The van der Waals surface area contributed by atoms with Crippen molar-refractivity contribution < 1.29 is 17.9 Å². The van der Waals surface area contributed by atoms with Gasteiger partial charge in [-0.25, -0.2) is 0 Å².